The van der Waals surface area contributed by atoms with Crippen LogP contribution in [-0.2, 0) is 0 Å². The van der Waals surface area contributed by atoms with Crippen LogP contribution in [-0.4, -0.2) is 23.5 Å². The molecule has 0 aliphatic carbocycles. The van der Waals surface area contributed by atoms with Gasteiger partial charge in [-0.3, -0.25) is 4.90 Å². The maximum Gasteiger partial charge on any atom is 0.0676 e. The maximum absolute atomic E-state index is 9.41. The third kappa shape index (κ3) is 3.13. The molecule has 0 bridgehead atoms. The molecule has 1 aliphatic rings. The van der Waals surface area contributed by atoms with Gasteiger partial charge in [0.05, 0.1) is 12.0 Å². The summed E-state index contributed by atoms with van der Waals surface area (Å²) in [6.07, 6.45) is 0. The van der Waals surface area contributed by atoms with Gasteiger partial charge in [0.15, 0.2) is 0 Å². The van der Waals surface area contributed by atoms with Gasteiger partial charge >= 0.3 is 0 Å². The molecule has 4 heteroatoms. The molecule has 19 heavy (non-hydrogen) atoms. The van der Waals surface area contributed by atoms with Crippen LogP contribution in [0.25, 0.3) is 0 Å². The number of benzene rings is 1. The Kier molecular flexibility index (Phi) is 4.25. The van der Waals surface area contributed by atoms with Crippen LogP contribution in [0, 0.1) is 17.2 Å². The first-order valence-corrected chi connectivity index (χ1v) is 7.59. The van der Waals surface area contributed by atoms with Crippen molar-refractivity contribution < 1.29 is 0 Å². The van der Waals surface area contributed by atoms with E-state index in [1.165, 1.54) is 0 Å². The van der Waals surface area contributed by atoms with E-state index >= 15 is 0 Å². The molecular weight excluding hydrogens is 324 g/mol. The lowest BCUT2D eigenvalue weighted by Crippen LogP contribution is -2.39. The summed E-state index contributed by atoms with van der Waals surface area (Å²) in [5.41, 5.74) is 1.16. The fraction of sp³-hybridized carbons (Fsp3) is 0.533. The van der Waals surface area contributed by atoms with Crippen molar-refractivity contribution in [3.63, 3.8) is 0 Å². The highest BCUT2D eigenvalue weighted by molar-refractivity contribution is 9.10. The van der Waals surface area contributed by atoms with Crippen LogP contribution in [0.3, 0.4) is 0 Å². The van der Waals surface area contributed by atoms with Gasteiger partial charge in [-0.1, -0.05) is 27.5 Å². The lowest BCUT2D eigenvalue weighted by Gasteiger charge is -2.31. The number of likely N-dealkylation sites (tertiary alicyclic amines) is 1. The zero-order chi connectivity index (χ0) is 14.2. The lowest BCUT2D eigenvalue weighted by molar-refractivity contribution is 0.170. The molecule has 1 aromatic carbocycles. The van der Waals surface area contributed by atoms with Crippen molar-refractivity contribution in [2.45, 2.75) is 32.2 Å². The number of hydrogen-bond donors (Lipinski definition) is 0. The van der Waals surface area contributed by atoms with Gasteiger partial charge in [0.2, 0.25) is 0 Å². The molecule has 0 saturated carbocycles. The third-order valence-corrected chi connectivity index (χ3v) is 4.63. The number of halogens is 2. The van der Waals surface area contributed by atoms with Gasteiger partial charge in [0, 0.05) is 34.0 Å². The van der Waals surface area contributed by atoms with Gasteiger partial charge in [-0.2, -0.15) is 5.26 Å². The molecule has 1 fully saturated rings. The number of nitriles is 1. The Bertz CT molecular complexity index is 516. The molecule has 1 saturated heterocycles. The van der Waals surface area contributed by atoms with Gasteiger partial charge in [0.25, 0.3) is 0 Å². The first-order valence-electron chi connectivity index (χ1n) is 6.42. The summed E-state index contributed by atoms with van der Waals surface area (Å²) in [5, 5.41) is 10.2. The summed E-state index contributed by atoms with van der Waals surface area (Å²) < 4.78 is 1.01. The fourth-order valence-electron chi connectivity index (χ4n) is 2.60. The molecule has 0 amide bonds. The summed E-state index contributed by atoms with van der Waals surface area (Å²) in [6, 6.07) is 8.32. The number of hydrogen-bond acceptors (Lipinski definition) is 2. The van der Waals surface area contributed by atoms with Crippen molar-refractivity contribution >= 4 is 27.5 Å². The average Bonchev–Trinajstić information content (AvgIpc) is 2.76. The highest BCUT2D eigenvalue weighted by Crippen LogP contribution is 2.39. The van der Waals surface area contributed by atoms with E-state index in [1.54, 1.807) is 0 Å². The Morgan fingerprint density at radius 1 is 1.37 bits per heavy atom. The van der Waals surface area contributed by atoms with Crippen LogP contribution in [0.5, 0.6) is 0 Å². The lowest BCUT2D eigenvalue weighted by atomic mass is 9.90. The van der Waals surface area contributed by atoms with E-state index in [0.717, 1.165) is 28.1 Å². The van der Waals surface area contributed by atoms with Crippen LogP contribution in [0.15, 0.2) is 22.7 Å². The third-order valence-electron chi connectivity index (χ3n) is 3.79. The Balaban J connectivity index is 2.34. The monoisotopic (exact) mass is 340 g/mol. The second-order valence-electron chi connectivity index (χ2n) is 6.08. The molecule has 0 unspecified atom stereocenters. The second kappa shape index (κ2) is 5.44. The Morgan fingerprint density at radius 2 is 2.05 bits per heavy atom. The minimum absolute atomic E-state index is 0.00558. The Labute approximate surface area is 128 Å². The van der Waals surface area contributed by atoms with E-state index in [2.05, 4.69) is 47.7 Å². The van der Waals surface area contributed by atoms with Crippen molar-refractivity contribution in [2.75, 3.05) is 13.1 Å². The van der Waals surface area contributed by atoms with Crippen molar-refractivity contribution in [1.82, 2.24) is 4.90 Å². The number of nitrogens with zero attached hydrogens (tertiary/aromatic N) is 2. The van der Waals surface area contributed by atoms with Crippen LogP contribution < -0.4 is 0 Å². The summed E-state index contributed by atoms with van der Waals surface area (Å²) in [7, 11) is 0. The summed E-state index contributed by atoms with van der Waals surface area (Å²) in [6.45, 7) is 8.26. The largest absolute Gasteiger partial charge is 0.297 e. The molecule has 2 nitrogen and oxygen atoms in total. The van der Waals surface area contributed by atoms with Gasteiger partial charge in [0.1, 0.15) is 0 Å². The molecule has 1 heterocycles. The van der Waals surface area contributed by atoms with E-state index in [-0.39, 0.29) is 17.4 Å². The molecule has 2 atom stereocenters. The Morgan fingerprint density at radius 3 is 2.63 bits per heavy atom. The Hall–Kier alpha value is -0.560. The van der Waals surface area contributed by atoms with E-state index in [0.29, 0.717) is 0 Å². The van der Waals surface area contributed by atoms with Crippen molar-refractivity contribution in [3.8, 4) is 6.07 Å². The van der Waals surface area contributed by atoms with E-state index in [4.69, 9.17) is 11.6 Å². The first-order chi connectivity index (χ1) is 8.82. The predicted octanol–water partition coefficient (Wildman–Crippen LogP) is 4.44. The normalized spacial score (nSPS) is 24.4. The molecule has 0 radical (unpaired) electrons. The van der Waals surface area contributed by atoms with Gasteiger partial charge in [-0.15, -0.1) is 0 Å². The SMILES string of the molecule is CC(C)(C)N1C[C@H](c2cc(Br)ccc2Cl)[C@@H](C#N)C1. The van der Waals surface area contributed by atoms with E-state index < -0.39 is 0 Å². The summed E-state index contributed by atoms with van der Waals surface area (Å²) in [5.74, 6) is 0.195. The standard InChI is InChI=1S/C15H18BrClN2/c1-15(2,3)19-8-10(7-18)13(9-19)12-6-11(16)4-5-14(12)17/h4-6,10,13H,8-9H2,1-3H3/t10-,13-/m0/s1. The summed E-state index contributed by atoms with van der Waals surface area (Å²) >= 11 is 9.80. The van der Waals surface area contributed by atoms with Crippen LogP contribution in [0.1, 0.15) is 32.3 Å². The molecule has 0 aromatic heterocycles. The average molecular weight is 342 g/mol. The van der Waals surface area contributed by atoms with E-state index in [9.17, 15) is 5.26 Å². The summed E-state index contributed by atoms with van der Waals surface area (Å²) in [4.78, 5) is 2.36. The maximum atomic E-state index is 9.41. The van der Waals surface area contributed by atoms with Gasteiger partial charge in [-0.25, -0.2) is 0 Å². The fourth-order valence-corrected chi connectivity index (χ4v) is 3.23. The van der Waals surface area contributed by atoms with Crippen LogP contribution >= 0.6 is 27.5 Å². The topological polar surface area (TPSA) is 27.0 Å². The molecule has 102 valence electrons. The van der Waals surface area contributed by atoms with Crippen molar-refractivity contribution in [1.29, 1.82) is 5.26 Å². The van der Waals surface area contributed by atoms with Crippen molar-refractivity contribution in [3.05, 3.63) is 33.3 Å². The van der Waals surface area contributed by atoms with Gasteiger partial charge < -0.3 is 0 Å². The van der Waals surface area contributed by atoms with Crippen LogP contribution in [0.4, 0.5) is 0 Å². The smallest absolute Gasteiger partial charge is 0.0676 e. The number of rotatable bonds is 1. The zero-order valence-corrected chi connectivity index (χ0v) is 13.8. The molecule has 1 aromatic rings. The minimum atomic E-state index is 0.00558. The van der Waals surface area contributed by atoms with E-state index in [1.807, 2.05) is 18.2 Å². The quantitative estimate of drug-likeness (QED) is 0.755. The highest BCUT2D eigenvalue weighted by Gasteiger charge is 2.39. The zero-order valence-electron chi connectivity index (χ0n) is 11.5. The first kappa shape index (κ1) is 14.8. The molecule has 1 aliphatic heterocycles. The molecule has 0 N–H and O–H groups in total. The highest BCUT2D eigenvalue weighted by atomic mass is 79.9. The molecular formula is C15H18BrClN2. The molecule has 2 rings (SSSR count). The second-order valence-corrected chi connectivity index (χ2v) is 7.41. The van der Waals surface area contributed by atoms with Gasteiger partial charge in [-0.05, 0) is 44.5 Å². The van der Waals surface area contributed by atoms with Crippen LogP contribution in [0.2, 0.25) is 5.02 Å². The van der Waals surface area contributed by atoms with Crippen molar-refractivity contribution in [2.24, 2.45) is 5.92 Å². The predicted molar refractivity (Wildman–Crippen MR) is 82.3 cm³/mol. The molecule has 0 spiro atoms. The minimum Gasteiger partial charge on any atom is -0.297 e.